The van der Waals surface area contributed by atoms with Crippen molar-refractivity contribution in [1.82, 2.24) is 0 Å². The van der Waals surface area contributed by atoms with Crippen LogP contribution in [0.25, 0.3) is 0 Å². The zero-order chi connectivity index (χ0) is 20.3. The average molecular weight is 384 g/mol. The van der Waals surface area contributed by atoms with Crippen molar-refractivity contribution in [1.29, 1.82) is 0 Å². The predicted molar refractivity (Wildman–Crippen MR) is 104 cm³/mol. The summed E-state index contributed by atoms with van der Waals surface area (Å²) in [4.78, 5) is 41.0. The van der Waals surface area contributed by atoms with E-state index in [1.54, 1.807) is 19.1 Å². The van der Waals surface area contributed by atoms with E-state index in [0.717, 1.165) is 19.3 Å². The second kappa shape index (κ2) is 8.46. The van der Waals surface area contributed by atoms with Gasteiger partial charge in [-0.05, 0) is 31.7 Å². The maximum atomic E-state index is 12.9. The molecule has 0 saturated heterocycles. The lowest BCUT2D eigenvalue weighted by atomic mass is 9.71. The van der Waals surface area contributed by atoms with Crippen molar-refractivity contribution in [2.24, 2.45) is 10.9 Å². The van der Waals surface area contributed by atoms with E-state index in [2.05, 4.69) is 4.99 Å². The lowest BCUT2D eigenvalue weighted by Crippen LogP contribution is -2.37. The molecule has 1 aliphatic heterocycles. The van der Waals surface area contributed by atoms with Gasteiger partial charge in [-0.15, -0.1) is 0 Å². The highest BCUT2D eigenvalue weighted by molar-refractivity contribution is 6.08. The van der Waals surface area contributed by atoms with Gasteiger partial charge in [0.05, 0.1) is 11.5 Å². The van der Waals surface area contributed by atoms with Crippen LogP contribution in [0.15, 0.2) is 40.5 Å². The van der Waals surface area contributed by atoms with Crippen molar-refractivity contribution in [2.75, 3.05) is 6.61 Å². The van der Waals surface area contributed by atoms with E-state index in [1.165, 1.54) is 12.1 Å². The number of carbonyl (C=O) groups is 2. The number of hydrogen-bond donors (Lipinski definition) is 0. The lowest BCUT2D eigenvalue weighted by Gasteiger charge is -2.34. The third kappa shape index (κ3) is 3.88. The molecule has 28 heavy (non-hydrogen) atoms. The van der Waals surface area contributed by atoms with Gasteiger partial charge in [-0.25, -0.2) is 0 Å². The van der Waals surface area contributed by atoms with Crippen molar-refractivity contribution in [3.05, 3.63) is 51.2 Å². The standard InChI is InChI=1S/C21H24N2O5/c1-3-4-11-28-21(25)18-13(2)22-16-9-6-10-17(24)20(16)19(18)14-7-5-8-15(12-14)23(26)27/h5,7-8,12,18-19H,3-4,6,9-11H2,1-2H3/t18?,19-/m0/s1. The van der Waals surface area contributed by atoms with Gasteiger partial charge < -0.3 is 4.74 Å². The Hall–Kier alpha value is -2.83. The van der Waals surface area contributed by atoms with Gasteiger partial charge in [-0.3, -0.25) is 24.7 Å². The molecule has 7 heteroatoms. The Morgan fingerprint density at radius 1 is 1.36 bits per heavy atom. The molecule has 3 rings (SSSR count). The number of hydrogen-bond acceptors (Lipinski definition) is 6. The summed E-state index contributed by atoms with van der Waals surface area (Å²) in [7, 11) is 0. The third-order valence-electron chi connectivity index (χ3n) is 5.27. The van der Waals surface area contributed by atoms with E-state index < -0.39 is 22.7 Å². The smallest absolute Gasteiger partial charge is 0.315 e. The second-order valence-corrected chi connectivity index (χ2v) is 7.22. The molecule has 2 aliphatic rings. The molecule has 7 nitrogen and oxygen atoms in total. The van der Waals surface area contributed by atoms with Crippen LogP contribution in [0.1, 0.15) is 57.4 Å². The van der Waals surface area contributed by atoms with Gasteiger partial charge >= 0.3 is 5.97 Å². The number of esters is 1. The van der Waals surface area contributed by atoms with E-state index >= 15 is 0 Å². The van der Waals surface area contributed by atoms with Crippen LogP contribution in [-0.2, 0) is 14.3 Å². The third-order valence-corrected chi connectivity index (χ3v) is 5.27. The quantitative estimate of drug-likeness (QED) is 0.318. The van der Waals surface area contributed by atoms with Crippen LogP contribution in [-0.4, -0.2) is 29.0 Å². The minimum Gasteiger partial charge on any atom is -0.465 e. The molecule has 1 aromatic rings. The first-order valence-electron chi connectivity index (χ1n) is 9.66. The lowest BCUT2D eigenvalue weighted by molar-refractivity contribution is -0.384. The van der Waals surface area contributed by atoms with Gasteiger partial charge in [-0.1, -0.05) is 25.5 Å². The first kappa shape index (κ1) is 19.9. The molecule has 1 aromatic carbocycles. The number of non-ortho nitro benzene ring substituents is 1. The molecule has 0 aromatic heterocycles. The van der Waals surface area contributed by atoms with Gasteiger partial charge in [0.2, 0.25) is 0 Å². The molecule has 2 atom stereocenters. The number of unbranched alkanes of at least 4 members (excludes halogenated alkanes) is 1. The summed E-state index contributed by atoms with van der Waals surface area (Å²) < 4.78 is 5.45. The van der Waals surface area contributed by atoms with Gasteiger partial charge in [0.15, 0.2) is 5.78 Å². The van der Waals surface area contributed by atoms with Crippen LogP contribution >= 0.6 is 0 Å². The van der Waals surface area contributed by atoms with Gasteiger partial charge in [-0.2, -0.15) is 0 Å². The van der Waals surface area contributed by atoms with Crippen molar-refractivity contribution in [3.8, 4) is 0 Å². The molecule has 0 spiro atoms. The van der Waals surface area contributed by atoms with Gasteiger partial charge in [0.25, 0.3) is 5.69 Å². The number of ether oxygens (including phenoxy) is 1. The normalized spacial score (nSPS) is 21.8. The fraction of sp³-hybridized carbons (Fsp3) is 0.476. The molecule has 0 radical (unpaired) electrons. The summed E-state index contributed by atoms with van der Waals surface area (Å²) in [5.74, 6) is -1.83. The van der Waals surface area contributed by atoms with Crippen LogP contribution in [0.2, 0.25) is 0 Å². The molecule has 0 amide bonds. The van der Waals surface area contributed by atoms with E-state index in [0.29, 0.717) is 42.0 Å². The predicted octanol–water partition coefficient (Wildman–Crippen LogP) is 4.12. The summed E-state index contributed by atoms with van der Waals surface area (Å²) in [6.07, 6.45) is 3.44. The number of nitro benzene ring substituents is 1. The Labute approximate surface area is 163 Å². The number of rotatable bonds is 6. The molecule has 1 aliphatic carbocycles. The number of ketones is 1. The first-order valence-corrected chi connectivity index (χ1v) is 9.66. The molecule has 0 fully saturated rings. The Kier molecular flexibility index (Phi) is 6.02. The highest BCUT2D eigenvalue weighted by Crippen LogP contribution is 2.44. The number of benzene rings is 1. The average Bonchev–Trinajstić information content (AvgIpc) is 2.67. The molecule has 148 valence electrons. The largest absolute Gasteiger partial charge is 0.465 e. The Morgan fingerprint density at radius 2 is 2.14 bits per heavy atom. The van der Waals surface area contributed by atoms with Gasteiger partial charge in [0, 0.05) is 41.5 Å². The van der Waals surface area contributed by atoms with Crippen molar-refractivity contribution >= 4 is 23.2 Å². The van der Waals surface area contributed by atoms with Crippen LogP contribution in [0.4, 0.5) is 5.69 Å². The number of aliphatic imine (C=N–C) groups is 1. The molecular weight excluding hydrogens is 360 g/mol. The Balaban J connectivity index is 2.08. The summed E-state index contributed by atoms with van der Waals surface area (Å²) in [6.45, 7) is 4.07. The molecular formula is C21H24N2O5. The highest BCUT2D eigenvalue weighted by atomic mass is 16.6. The summed E-state index contributed by atoms with van der Waals surface area (Å²) in [5, 5.41) is 11.2. The summed E-state index contributed by atoms with van der Waals surface area (Å²) in [6, 6.07) is 6.17. The fourth-order valence-electron chi connectivity index (χ4n) is 3.91. The highest BCUT2D eigenvalue weighted by Gasteiger charge is 2.43. The fourth-order valence-corrected chi connectivity index (χ4v) is 3.91. The van der Waals surface area contributed by atoms with E-state index in [9.17, 15) is 19.7 Å². The Bertz CT molecular complexity index is 871. The maximum Gasteiger partial charge on any atom is 0.315 e. The van der Waals surface area contributed by atoms with E-state index in [-0.39, 0.29) is 11.5 Å². The zero-order valence-corrected chi connectivity index (χ0v) is 16.1. The van der Waals surface area contributed by atoms with Gasteiger partial charge in [0.1, 0.15) is 5.92 Å². The number of nitro groups is 1. The zero-order valence-electron chi connectivity index (χ0n) is 16.1. The Morgan fingerprint density at radius 3 is 2.86 bits per heavy atom. The minimum absolute atomic E-state index is 0.0413. The number of carbonyl (C=O) groups excluding carboxylic acids is 2. The monoisotopic (exact) mass is 384 g/mol. The molecule has 0 N–H and O–H groups in total. The minimum atomic E-state index is -0.750. The van der Waals surface area contributed by atoms with Crippen molar-refractivity contribution < 1.29 is 19.2 Å². The topological polar surface area (TPSA) is 98.9 Å². The van der Waals surface area contributed by atoms with Crippen LogP contribution < -0.4 is 0 Å². The first-order chi connectivity index (χ1) is 13.4. The molecule has 1 heterocycles. The number of allylic oxidation sites excluding steroid dienone is 2. The molecule has 0 bridgehead atoms. The van der Waals surface area contributed by atoms with E-state index in [4.69, 9.17) is 4.74 Å². The van der Waals surface area contributed by atoms with E-state index in [1.807, 2.05) is 6.92 Å². The van der Waals surface area contributed by atoms with Crippen LogP contribution in [0, 0.1) is 16.0 Å². The maximum absolute atomic E-state index is 12.9. The van der Waals surface area contributed by atoms with Crippen molar-refractivity contribution in [3.63, 3.8) is 0 Å². The second-order valence-electron chi connectivity index (χ2n) is 7.22. The SMILES string of the molecule is CCCCOC(=O)C1C(C)=NC2=C(C(=O)CCC2)[C@H]1c1cccc([N+](=O)[O-])c1. The van der Waals surface area contributed by atoms with Crippen molar-refractivity contribution in [2.45, 2.75) is 51.9 Å². The molecule has 0 saturated carbocycles. The van der Waals surface area contributed by atoms with Crippen LogP contribution in [0.5, 0.6) is 0 Å². The summed E-state index contributed by atoms with van der Waals surface area (Å²) in [5.41, 5.74) is 2.30. The molecule has 1 unspecified atom stereocenters. The summed E-state index contributed by atoms with van der Waals surface area (Å²) >= 11 is 0. The number of nitrogens with zero attached hydrogens (tertiary/aromatic N) is 2. The van der Waals surface area contributed by atoms with Crippen LogP contribution in [0.3, 0.4) is 0 Å². The number of Topliss-reactive ketones (excluding diaryl/α,β-unsaturated/α-hetero) is 1.